The van der Waals surface area contributed by atoms with Crippen LogP contribution in [0.4, 0.5) is 0 Å². The van der Waals surface area contributed by atoms with E-state index in [0.29, 0.717) is 30.1 Å². The zero-order chi connectivity index (χ0) is 22.1. The van der Waals surface area contributed by atoms with Crippen LogP contribution in [0.5, 0.6) is 0 Å². The summed E-state index contributed by atoms with van der Waals surface area (Å²) in [5.74, 6) is 2.13. The molecule has 3 N–H and O–H groups in total. The molecule has 6 atom stereocenters. The number of hydrogen-bond donors (Lipinski definition) is 3. The molecule has 3 rings (SSSR count). The number of hydrogen-bond acceptors (Lipinski definition) is 3. The maximum atomic E-state index is 10.0. The Morgan fingerprint density at radius 2 is 1.87 bits per heavy atom. The molecule has 0 aromatic carbocycles. The van der Waals surface area contributed by atoms with E-state index in [1.54, 1.807) is 5.57 Å². The quantitative estimate of drug-likeness (QED) is 0.520. The second-order valence-electron chi connectivity index (χ2n) is 11.4. The minimum Gasteiger partial charge on any atom is -0.390 e. The third-order valence-corrected chi connectivity index (χ3v) is 8.45. The highest BCUT2D eigenvalue weighted by Gasteiger charge is 2.50. The van der Waals surface area contributed by atoms with E-state index >= 15 is 0 Å². The van der Waals surface area contributed by atoms with Gasteiger partial charge in [-0.25, -0.2) is 0 Å². The lowest BCUT2D eigenvalue weighted by Gasteiger charge is -2.44. The van der Waals surface area contributed by atoms with Crippen LogP contribution in [-0.4, -0.2) is 33.1 Å². The summed E-state index contributed by atoms with van der Waals surface area (Å²) in [6, 6.07) is 0. The smallest absolute Gasteiger partial charge is 0.0842 e. The molecule has 0 radical (unpaired) electrons. The first-order chi connectivity index (χ1) is 14.0. The van der Waals surface area contributed by atoms with Gasteiger partial charge >= 0.3 is 0 Å². The summed E-state index contributed by atoms with van der Waals surface area (Å²) in [5.41, 5.74) is 3.48. The minimum absolute atomic E-state index is 0.385. The van der Waals surface area contributed by atoms with Gasteiger partial charge in [-0.15, -0.1) is 0 Å². The molecule has 170 valence electrons. The fourth-order valence-corrected chi connectivity index (χ4v) is 6.69. The van der Waals surface area contributed by atoms with E-state index < -0.39 is 17.8 Å². The molecule has 30 heavy (non-hydrogen) atoms. The summed E-state index contributed by atoms with van der Waals surface area (Å²) in [4.78, 5) is 0. The van der Waals surface area contributed by atoms with Gasteiger partial charge in [0.2, 0.25) is 0 Å². The average molecular weight is 417 g/mol. The van der Waals surface area contributed by atoms with Gasteiger partial charge in [0, 0.05) is 12.8 Å². The van der Waals surface area contributed by atoms with Gasteiger partial charge in [0.05, 0.1) is 17.8 Å². The second-order valence-corrected chi connectivity index (χ2v) is 11.4. The number of aliphatic hydroxyl groups excluding tert-OH is 2. The predicted molar refractivity (Wildman–Crippen MR) is 124 cm³/mol. The minimum atomic E-state index is -0.672. The molecular formula is C27H44O3. The lowest BCUT2D eigenvalue weighted by molar-refractivity contribution is 0.0138. The van der Waals surface area contributed by atoms with Gasteiger partial charge in [-0.1, -0.05) is 51.0 Å². The van der Waals surface area contributed by atoms with Crippen molar-refractivity contribution in [3.8, 4) is 0 Å². The maximum Gasteiger partial charge on any atom is 0.0842 e. The van der Waals surface area contributed by atoms with E-state index in [4.69, 9.17) is 0 Å². The van der Waals surface area contributed by atoms with Crippen molar-refractivity contribution in [1.82, 2.24) is 0 Å². The van der Waals surface area contributed by atoms with Crippen molar-refractivity contribution in [3.63, 3.8) is 0 Å². The Labute approximate surface area is 184 Å². The van der Waals surface area contributed by atoms with Crippen LogP contribution in [0.25, 0.3) is 0 Å². The molecule has 0 aromatic heterocycles. The fourth-order valence-electron chi connectivity index (χ4n) is 6.69. The van der Waals surface area contributed by atoms with Crippen LogP contribution in [0.15, 0.2) is 35.5 Å². The first kappa shape index (κ1) is 23.8. The Kier molecular flexibility index (Phi) is 7.37. The highest BCUT2D eigenvalue weighted by molar-refractivity contribution is 5.37. The molecule has 0 saturated heterocycles. The SMILES string of the molecule is C=C1CC(O)[C@H](O)C/C1=C/C=C1\CCC[C@]2(C)[C@@H]([C@H](C)CCCC(C)(C)O)CC[C@@H]12. The molecule has 0 aliphatic heterocycles. The van der Waals surface area contributed by atoms with Crippen molar-refractivity contribution < 1.29 is 15.3 Å². The van der Waals surface area contributed by atoms with E-state index in [0.717, 1.165) is 29.9 Å². The Balaban J connectivity index is 1.69. The number of allylic oxidation sites excluding steroid dienone is 3. The average Bonchev–Trinajstić information content (AvgIpc) is 3.00. The van der Waals surface area contributed by atoms with Crippen molar-refractivity contribution in [2.75, 3.05) is 0 Å². The summed E-state index contributed by atoms with van der Waals surface area (Å²) >= 11 is 0. The second kappa shape index (κ2) is 9.30. The lowest BCUT2D eigenvalue weighted by atomic mass is 9.60. The van der Waals surface area contributed by atoms with Gasteiger partial charge in [0.1, 0.15) is 0 Å². The summed E-state index contributed by atoms with van der Waals surface area (Å²) in [6.07, 6.45) is 13.7. The molecule has 0 heterocycles. The summed E-state index contributed by atoms with van der Waals surface area (Å²) in [7, 11) is 0. The van der Waals surface area contributed by atoms with Crippen LogP contribution in [0.1, 0.15) is 91.9 Å². The van der Waals surface area contributed by atoms with Crippen LogP contribution in [0.2, 0.25) is 0 Å². The summed E-state index contributed by atoms with van der Waals surface area (Å²) in [6.45, 7) is 12.9. The largest absolute Gasteiger partial charge is 0.390 e. The van der Waals surface area contributed by atoms with Crippen molar-refractivity contribution in [1.29, 1.82) is 0 Å². The third-order valence-electron chi connectivity index (χ3n) is 8.45. The lowest BCUT2D eigenvalue weighted by Crippen LogP contribution is -2.36. The van der Waals surface area contributed by atoms with Crippen molar-refractivity contribution in [3.05, 3.63) is 35.5 Å². The molecule has 3 saturated carbocycles. The van der Waals surface area contributed by atoms with E-state index in [1.165, 1.54) is 38.5 Å². The van der Waals surface area contributed by atoms with E-state index in [1.807, 2.05) is 13.8 Å². The monoisotopic (exact) mass is 416 g/mol. The Bertz CT molecular complexity index is 683. The predicted octanol–water partition coefficient (Wildman–Crippen LogP) is 5.70. The zero-order valence-corrected chi connectivity index (χ0v) is 19.7. The fraction of sp³-hybridized carbons (Fsp3) is 0.778. The molecule has 0 bridgehead atoms. The van der Waals surface area contributed by atoms with Gasteiger partial charge in [-0.05, 0) is 86.7 Å². The van der Waals surface area contributed by atoms with Crippen LogP contribution >= 0.6 is 0 Å². The molecule has 0 aromatic rings. The van der Waals surface area contributed by atoms with Gasteiger partial charge in [-0.2, -0.15) is 0 Å². The number of fused-ring (bicyclic) bond motifs is 1. The van der Waals surface area contributed by atoms with Crippen LogP contribution in [0, 0.1) is 23.2 Å². The molecule has 3 aliphatic rings. The van der Waals surface area contributed by atoms with E-state index in [-0.39, 0.29) is 0 Å². The zero-order valence-electron chi connectivity index (χ0n) is 19.7. The van der Waals surface area contributed by atoms with Gasteiger partial charge in [0.25, 0.3) is 0 Å². The first-order valence-electron chi connectivity index (χ1n) is 12.2. The molecule has 0 spiro atoms. The van der Waals surface area contributed by atoms with E-state index in [9.17, 15) is 15.3 Å². The van der Waals surface area contributed by atoms with Crippen molar-refractivity contribution in [2.45, 2.75) is 110 Å². The highest BCUT2D eigenvalue weighted by atomic mass is 16.3. The standard InChI is InChI=1S/C27H44O3/c1-18(8-6-14-26(3,4)30)22-12-13-23-20(9-7-15-27(22,23)5)10-11-21-17-25(29)24(28)16-19(21)2/h10-11,18,22-25,28-30H,2,6-9,12-17H2,1,3-5H3/b20-10+,21-11-/t18-,22-,23+,24?,25-,27-/m1/s1. The molecule has 0 amide bonds. The van der Waals surface area contributed by atoms with Crippen molar-refractivity contribution in [2.24, 2.45) is 23.2 Å². The molecule has 3 aliphatic carbocycles. The van der Waals surface area contributed by atoms with Gasteiger partial charge in [-0.3, -0.25) is 0 Å². The molecule has 3 heteroatoms. The van der Waals surface area contributed by atoms with Crippen LogP contribution in [-0.2, 0) is 0 Å². The molecule has 3 nitrogen and oxygen atoms in total. The van der Waals surface area contributed by atoms with Crippen LogP contribution < -0.4 is 0 Å². The Morgan fingerprint density at radius 1 is 1.17 bits per heavy atom. The van der Waals surface area contributed by atoms with Crippen LogP contribution in [0.3, 0.4) is 0 Å². The molecular weight excluding hydrogens is 372 g/mol. The summed E-state index contributed by atoms with van der Waals surface area (Å²) < 4.78 is 0. The van der Waals surface area contributed by atoms with Gasteiger partial charge < -0.3 is 15.3 Å². The maximum absolute atomic E-state index is 10.0. The topological polar surface area (TPSA) is 60.7 Å². The third kappa shape index (κ3) is 5.29. The van der Waals surface area contributed by atoms with Gasteiger partial charge in [0.15, 0.2) is 0 Å². The highest BCUT2D eigenvalue weighted by Crippen LogP contribution is 2.60. The Hall–Kier alpha value is -0.900. The number of rotatable bonds is 6. The summed E-state index contributed by atoms with van der Waals surface area (Å²) in [5, 5.41) is 29.9. The first-order valence-corrected chi connectivity index (χ1v) is 12.2. The van der Waals surface area contributed by atoms with Crippen molar-refractivity contribution >= 4 is 0 Å². The normalized spacial score (nSPS) is 38.8. The molecule has 3 fully saturated rings. The van der Waals surface area contributed by atoms with E-state index in [2.05, 4.69) is 32.6 Å². The molecule has 1 unspecified atom stereocenters. The number of aliphatic hydroxyl groups is 3. The Morgan fingerprint density at radius 3 is 2.57 bits per heavy atom.